The maximum Gasteiger partial charge on any atom is 0.416 e. The van der Waals surface area contributed by atoms with Gasteiger partial charge in [-0.25, -0.2) is 9.78 Å². The number of thiazole rings is 1. The van der Waals surface area contributed by atoms with Gasteiger partial charge in [0.15, 0.2) is 5.13 Å². The smallest absolute Gasteiger partial charge is 0.326 e. The fourth-order valence-corrected chi connectivity index (χ4v) is 4.06. The first-order chi connectivity index (χ1) is 18.5. The number of rotatable bonds is 8. The summed E-state index contributed by atoms with van der Waals surface area (Å²) in [7, 11) is 1.73. The quantitative estimate of drug-likeness (QED) is 0.365. The maximum atomic E-state index is 13.0. The highest BCUT2D eigenvalue weighted by molar-refractivity contribution is 7.16. The molecule has 0 aliphatic carbocycles. The molecular formula is C27H29F3N6O2S. The molecule has 3 amide bonds. The topological polar surface area (TPSA) is 90.5 Å². The number of amides is 3. The van der Waals surface area contributed by atoms with Gasteiger partial charge in [0.05, 0.1) is 16.6 Å². The maximum absolute atomic E-state index is 13.0. The van der Waals surface area contributed by atoms with Crippen LogP contribution in [0.25, 0.3) is 0 Å². The number of aryl methyl sites for hydroxylation is 1. The highest BCUT2D eigenvalue weighted by atomic mass is 32.1. The number of alkyl halides is 3. The Bertz CT molecular complexity index is 1380. The van der Waals surface area contributed by atoms with Gasteiger partial charge in [-0.05, 0) is 55.8 Å². The van der Waals surface area contributed by atoms with Gasteiger partial charge in [-0.1, -0.05) is 37.2 Å². The number of hydrogen-bond acceptors (Lipinski definition) is 6. The summed E-state index contributed by atoms with van der Waals surface area (Å²) in [4.78, 5) is 37.4. The Morgan fingerprint density at radius 3 is 2.46 bits per heavy atom. The molecule has 0 saturated heterocycles. The van der Waals surface area contributed by atoms with E-state index in [1.54, 1.807) is 36.3 Å². The lowest BCUT2D eigenvalue weighted by Gasteiger charge is -2.23. The molecule has 3 aromatic rings. The Labute approximate surface area is 229 Å². The molecule has 3 rings (SSSR count). The number of pyridine rings is 1. The number of nitrogens with zero attached hydrogens (tertiary/aromatic N) is 4. The molecule has 0 aliphatic rings. The zero-order chi connectivity index (χ0) is 28.6. The third-order valence-corrected chi connectivity index (χ3v) is 6.68. The van der Waals surface area contributed by atoms with E-state index in [9.17, 15) is 22.8 Å². The Kier molecular flexibility index (Phi) is 10.0. The lowest BCUT2D eigenvalue weighted by molar-refractivity contribution is -0.137. The van der Waals surface area contributed by atoms with Gasteiger partial charge in [-0.15, -0.1) is 0 Å². The number of anilines is 2. The molecule has 8 nitrogen and oxygen atoms in total. The van der Waals surface area contributed by atoms with Gasteiger partial charge in [-0.2, -0.15) is 13.2 Å². The minimum Gasteiger partial charge on any atom is -0.326 e. The first-order valence-electron chi connectivity index (χ1n) is 12.2. The lowest BCUT2D eigenvalue weighted by atomic mass is 10.1. The van der Waals surface area contributed by atoms with Crippen molar-refractivity contribution >= 4 is 34.1 Å². The van der Waals surface area contributed by atoms with Gasteiger partial charge in [0.1, 0.15) is 5.69 Å². The molecule has 1 aromatic carbocycles. The zero-order valence-electron chi connectivity index (χ0n) is 22.0. The number of likely N-dealkylation sites (N-methyl/N-ethyl adjacent to an activating group) is 2. The Hall–Kier alpha value is -3.95. The highest BCUT2D eigenvalue weighted by Crippen LogP contribution is 2.29. The third kappa shape index (κ3) is 8.53. The molecule has 39 heavy (non-hydrogen) atoms. The van der Waals surface area contributed by atoms with Crippen LogP contribution in [-0.4, -0.2) is 64.9 Å². The van der Waals surface area contributed by atoms with Crippen molar-refractivity contribution in [3.8, 4) is 11.8 Å². The van der Waals surface area contributed by atoms with Gasteiger partial charge in [0.2, 0.25) is 0 Å². The second kappa shape index (κ2) is 13.2. The molecular weight excluding hydrogens is 529 g/mol. The van der Waals surface area contributed by atoms with Gasteiger partial charge in [-0.3, -0.25) is 15.1 Å². The van der Waals surface area contributed by atoms with E-state index in [1.165, 1.54) is 11.3 Å². The molecule has 0 fully saturated rings. The average Bonchev–Trinajstić information content (AvgIpc) is 3.36. The number of aromatic nitrogens is 2. The van der Waals surface area contributed by atoms with E-state index in [0.29, 0.717) is 33.9 Å². The van der Waals surface area contributed by atoms with Crippen LogP contribution < -0.4 is 10.6 Å². The van der Waals surface area contributed by atoms with Gasteiger partial charge < -0.3 is 15.1 Å². The van der Waals surface area contributed by atoms with Crippen molar-refractivity contribution < 1.29 is 22.8 Å². The lowest BCUT2D eigenvalue weighted by Crippen LogP contribution is -2.38. The fraction of sp³-hybridized carbons (Fsp3) is 0.333. The monoisotopic (exact) mass is 558 g/mol. The number of halogens is 3. The standard InChI is InChI=1S/C27H29F3N6O2S/c1-5-36(6-2)14-13-35(4)26(38)34-25-32-17-22(39-25)10-8-19-15-21(9-7-18(19)3)33-24(37)23-16-20(11-12-31-23)27(28,29)30/h7,9,11-12,15-17H,5-6,13-14H2,1-4H3,(H,33,37)(H,32,34,38). The minimum atomic E-state index is -4.58. The number of hydrogen-bond donors (Lipinski definition) is 2. The van der Waals surface area contributed by atoms with Crippen LogP contribution in [0.5, 0.6) is 0 Å². The minimum absolute atomic E-state index is 0.259. The van der Waals surface area contributed by atoms with E-state index < -0.39 is 17.6 Å². The van der Waals surface area contributed by atoms with Gasteiger partial charge in [0.25, 0.3) is 5.91 Å². The zero-order valence-corrected chi connectivity index (χ0v) is 22.8. The number of carbonyl (C=O) groups excluding carboxylic acids is 2. The molecule has 0 atom stereocenters. The number of urea groups is 1. The predicted octanol–water partition coefficient (Wildman–Crippen LogP) is 5.32. The molecule has 12 heteroatoms. The van der Waals surface area contributed by atoms with Crippen molar-refractivity contribution in [2.24, 2.45) is 0 Å². The van der Waals surface area contributed by atoms with Crippen LogP contribution in [-0.2, 0) is 6.18 Å². The molecule has 0 saturated carbocycles. The van der Waals surface area contributed by atoms with Crippen molar-refractivity contribution in [3.63, 3.8) is 0 Å². The SMILES string of the molecule is CCN(CC)CCN(C)C(=O)Nc1ncc(C#Cc2cc(NC(=O)c3cc(C(F)(F)F)ccn3)ccc2C)s1. The molecule has 0 spiro atoms. The second-order valence-corrected chi connectivity index (χ2v) is 9.60. The molecule has 206 valence electrons. The van der Waals surface area contributed by atoms with Crippen LogP contribution >= 0.6 is 11.3 Å². The molecule has 0 bridgehead atoms. The summed E-state index contributed by atoms with van der Waals surface area (Å²) in [6, 6.07) is 6.24. The van der Waals surface area contributed by atoms with Crippen LogP contribution in [0.1, 0.15) is 45.9 Å². The summed E-state index contributed by atoms with van der Waals surface area (Å²) in [5, 5.41) is 5.76. The van der Waals surface area contributed by atoms with Gasteiger partial charge in [0, 0.05) is 37.6 Å². The molecule has 2 N–H and O–H groups in total. The Morgan fingerprint density at radius 2 is 1.77 bits per heavy atom. The largest absolute Gasteiger partial charge is 0.416 e. The van der Waals surface area contributed by atoms with Crippen LogP contribution in [0.3, 0.4) is 0 Å². The number of nitrogens with one attached hydrogen (secondary N) is 2. The highest BCUT2D eigenvalue weighted by Gasteiger charge is 2.31. The molecule has 0 unspecified atom stereocenters. The normalized spacial score (nSPS) is 11.1. The van der Waals surface area contributed by atoms with E-state index >= 15 is 0 Å². The first-order valence-corrected chi connectivity index (χ1v) is 13.0. The van der Waals surface area contributed by atoms with Crippen molar-refractivity contribution in [1.82, 2.24) is 19.8 Å². The first kappa shape index (κ1) is 29.6. The Balaban J connectivity index is 1.65. The summed E-state index contributed by atoms with van der Waals surface area (Å²) in [5.41, 5.74) is 0.505. The average molecular weight is 559 g/mol. The second-order valence-electron chi connectivity index (χ2n) is 8.57. The molecule has 0 aliphatic heterocycles. The Morgan fingerprint density at radius 1 is 1.03 bits per heavy atom. The van der Waals surface area contributed by atoms with Gasteiger partial charge >= 0.3 is 12.2 Å². The van der Waals surface area contributed by atoms with E-state index in [2.05, 4.69) is 51.2 Å². The summed E-state index contributed by atoms with van der Waals surface area (Å²) in [6.07, 6.45) is -2.07. The van der Waals surface area contributed by atoms with Crippen LogP contribution in [0.4, 0.5) is 28.8 Å². The van der Waals surface area contributed by atoms with E-state index in [0.717, 1.165) is 37.5 Å². The molecule has 2 heterocycles. The van der Waals surface area contributed by atoms with Crippen molar-refractivity contribution in [1.29, 1.82) is 0 Å². The summed E-state index contributed by atoms with van der Waals surface area (Å²) < 4.78 is 38.9. The van der Waals surface area contributed by atoms with Crippen LogP contribution in [0.15, 0.2) is 42.7 Å². The van der Waals surface area contributed by atoms with Crippen LogP contribution in [0, 0.1) is 18.8 Å². The number of carbonyl (C=O) groups is 2. The molecule has 0 radical (unpaired) electrons. The third-order valence-electron chi connectivity index (χ3n) is 5.85. The predicted molar refractivity (Wildman–Crippen MR) is 146 cm³/mol. The van der Waals surface area contributed by atoms with E-state index in [-0.39, 0.29) is 11.7 Å². The van der Waals surface area contributed by atoms with Crippen LogP contribution in [0.2, 0.25) is 0 Å². The summed E-state index contributed by atoms with van der Waals surface area (Å²) in [6.45, 7) is 9.20. The van der Waals surface area contributed by atoms with E-state index in [4.69, 9.17) is 0 Å². The molecule has 2 aromatic heterocycles. The number of benzene rings is 1. The van der Waals surface area contributed by atoms with Crippen molar-refractivity contribution in [2.45, 2.75) is 26.9 Å². The van der Waals surface area contributed by atoms with Crippen molar-refractivity contribution in [3.05, 3.63) is 70.0 Å². The summed E-state index contributed by atoms with van der Waals surface area (Å²) in [5.74, 6) is 5.25. The van der Waals surface area contributed by atoms with E-state index in [1.807, 2.05) is 6.92 Å². The fourth-order valence-electron chi connectivity index (χ4n) is 3.40. The summed E-state index contributed by atoms with van der Waals surface area (Å²) >= 11 is 1.23. The van der Waals surface area contributed by atoms with Crippen molar-refractivity contribution in [2.75, 3.05) is 43.9 Å².